The Morgan fingerprint density at radius 3 is 2.59 bits per heavy atom. The number of rotatable bonds is 12. The number of aromatic nitrogens is 2. The number of nitrogens with zero attached hydrogens (tertiary/aromatic N) is 2. The Kier molecular flexibility index (Phi) is 10.3. The highest BCUT2D eigenvalue weighted by atomic mass is 35.5. The molecule has 4 rings (SSSR count). The number of para-hydroxylation sites is 1. The van der Waals surface area contributed by atoms with Gasteiger partial charge in [-0.25, -0.2) is 4.98 Å². The van der Waals surface area contributed by atoms with Gasteiger partial charge in [0.2, 0.25) is 11.8 Å². The zero-order valence-corrected chi connectivity index (χ0v) is 25.2. The van der Waals surface area contributed by atoms with Crippen molar-refractivity contribution in [3.8, 4) is 11.6 Å². The smallest absolute Gasteiger partial charge is 0.245 e. The third kappa shape index (κ3) is 7.39. The second-order valence-electron chi connectivity index (χ2n) is 10.2. The summed E-state index contributed by atoms with van der Waals surface area (Å²) in [5.41, 5.74) is 5.96. The Bertz CT molecular complexity index is 1540. The summed E-state index contributed by atoms with van der Waals surface area (Å²) in [6.07, 6.45) is 7.98. The molecule has 0 saturated carbocycles. The van der Waals surface area contributed by atoms with E-state index in [1.807, 2.05) is 66.9 Å². The Morgan fingerprint density at radius 2 is 1.90 bits per heavy atom. The molecule has 0 spiro atoms. The largest absolute Gasteiger partial charge is 0.497 e. The third-order valence-corrected chi connectivity index (χ3v) is 7.45. The van der Waals surface area contributed by atoms with Crippen LogP contribution in [0.2, 0.25) is 5.02 Å². The van der Waals surface area contributed by atoms with E-state index in [-0.39, 0.29) is 11.8 Å². The van der Waals surface area contributed by atoms with Gasteiger partial charge in [0, 0.05) is 48.4 Å². The number of fused-ring (bicyclic) bond motifs is 1. The van der Waals surface area contributed by atoms with Crippen LogP contribution in [0.4, 0.5) is 0 Å². The van der Waals surface area contributed by atoms with Gasteiger partial charge in [0.1, 0.15) is 5.75 Å². The van der Waals surface area contributed by atoms with E-state index in [0.717, 1.165) is 63.9 Å². The molecule has 6 nitrogen and oxygen atoms in total. The lowest BCUT2D eigenvalue weighted by Gasteiger charge is -2.16. The van der Waals surface area contributed by atoms with Gasteiger partial charge in [-0.15, -0.1) is 0 Å². The fourth-order valence-corrected chi connectivity index (χ4v) is 5.08. The summed E-state index contributed by atoms with van der Waals surface area (Å²) < 4.78 is 11.5. The van der Waals surface area contributed by atoms with Crippen molar-refractivity contribution in [2.24, 2.45) is 5.92 Å². The molecule has 7 heteroatoms. The average Bonchev–Trinajstić information content (AvgIpc) is 3.32. The fraction of sp³-hybridized carbons (Fsp3) is 0.294. The van der Waals surface area contributed by atoms with Gasteiger partial charge in [0.05, 0.1) is 24.4 Å². The van der Waals surface area contributed by atoms with Crippen LogP contribution in [0.5, 0.6) is 11.6 Å². The lowest BCUT2D eigenvalue weighted by molar-refractivity contribution is -0.123. The van der Waals surface area contributed by atoms with E-state index >= 15 is 0 Å². The number of hydrogen-bond acceptors (Lipinski definition) is 4. The van der Waals surface area contributed by atoms with Gasteiger partial charge in [-0.3, -0.25) is 4.79 Å². The van der Waals surface area contributed by atoms with Crippen LogP contribution in [0, 0.1) is 5.92 Å². The first-order chi connectivity index (χ1) is 19.8. The minimum atomic E-state index is -0.00262. The molecule has 0 unspecified atom stereocenters. The van der Waals surface area contributed by atoms with Crippen molar-refractivity contribution >= 4 is 39.6 Å². The molecule has 214 valence electrons. The normalized spacial score (nSPS) is 12.8. The summed E-state index contributed by atoms with van der Waals surface area (Å²) in [5.74, 6) is 1.65. The van der Waals surface area contributed by atoms with E-state index in [1.165, 1.54) is 0 Å². The number of halogens is 1. The Labute approximate surface area is 247 Å². The zero-order valence-electron chi connectivity index (χ0n) is 24.4. The van der Waals surface area contributed by atoms with Crippen LogP contribution >= 0.6 is 11.6 Å². The standard InChI is InChI=1S/C34H38ClN3O3/c1-6-27(24-12-9-13-26(21-24)40-5)32(34-33(35)28-14-7-8-15-29(28)37-34)25-17-18-30(36-22-25)41-20-10-11-23(2)16-19-31(39)38(3)4/h7-9,12-19,21-23,37H,6,10-11,20H2,1-5H3/b19-16+,32-27+/t23-/m1/s1. The van der Waals surface area contributed by atoms with Crippen LogP contribution in [0.3, 0.4) is 0 Å². The van der Waals surface area contributed by atoms with E-state index in [9.17, 15) is 4.79 Å². The summed E-state index contributed by atoms with van der Waals surface area (Å²) in [6.45, 7) is 4.79. The van der Waals surface area contributed by atoms with Gasteiger partial charge in [0.25, 0.3) is 0 Å². The molecule has 1 amide bonds. The van der Waals surface area contributed by atoms with E-state index in [2.05, 4.69) is 29.9 Å². The van der Waals surface area contributed by atoms with Gasteiger partial charge in [0.15, 0.2) is 0 Å². The molecule has 2 aromatic carbocycles. The predicted octanol–water partition coefficient (Wildman–Crippen LogP) is 8.03. The number of pyridine rings is 1. The number of amides is 1. The van der Waals surface area contributed by atoms with Gasteiger partial charge in [-0.2, -0.15) is 0 Å². The lowest BCUT2D eigenvalue weighted by Crippen LogP contribution is -2.19. The number of hydrogen-bond donors (Lipinski definition) is 1. The molecule has 1 N–H and O–H groups in total. The lowest BCUT2D eigenvalue weighted by atomic mass is 9.91. The summed E-state index contributed by atoms with van der Waals surface area (Å²) in [6, 6.07) is 20.1. The van der Waals surface area contributed by atoms with E-state index in [1.54, 1.807) is 32.2 Å². The van der Waals surface area contributed by atoms with Crippen molar-refractivity contribution in [1.82, 2.24) is 14.9 Å². The number of carbonyl (C=O) groups excluding carboxylic acids is 1. The Balaban J connectivity index is 1.59. The summed E-state index contributed by atoms with van der Waals surface area (Å²) in [7, 11) is 5.17. The molecular weight excluding hydrogens is 534 g/mol. The average molecular weight is 572 g/mol. The number of allylic oxidation sites excluding steroid dienone is 2. The van der Waals surface area contributed by atoms with E-state index in [0.29, 0.717) is 17.5 Å². The van der Waals surface area contributed by atoms with E-state index in [4.69, 9.17) is 21.1 Å². The molecule has 0 saturated heterocycles. The molecule has 0 bridgehead atoms. The van der Waals surface area contributed by atoms with Crippen molar-refractivity contribution < 1.29 is 14.3 Å². The van der Waals surface area contributed by atoms with Gasteiger partial charge in [-0.05, 0) is 66.7 Å². The quantitative estimate of drug-likeness (QED) is 0.138. The third-order valence-electron chi connectivity index (χ3n) is 7.05. The number of carbonyl (C=O) groups is 1. The van der Waals surface area contributed by atoms with Crippen LogP contribution in [-0.4, -0.2) is 48.6 Å². The van der Waals surface area contributed by atoms with Crippen LogP contribution in [0.1, 0.15) is 49.9 Å². The van der Waals surface area contributed by atoms with Gasteiger partial charge in [-0.1, -0.05) is 61.9 Å². The molecule has 0 fully saturated rings. The van der Waals surface area contributed by atoms with Crippen LogP contribution in [0.15, 0.2) is 79.0 Å². The van der Waals surface area contributed by atoms with Crippen LogP contribution in [0.25, 0.3) is 22.0 Å². The van der Waals surface area contributed by atoms with Gasteiger partial charge >= 0.3 is 0 Å². The number of nitrogens with one attached hydrogen (secondary N) is 1. The maximum Gasteiger partial charge on any atom is 0.245 e. The van der Waals surface area contributed by atoms with Crippen molar-refractivity contribution in [3.63, 3.8) is 0 Å². The summed E-state index contributed by atoms with van der Waals surface area (Å²) >= 11 is 6.98. The van der Waals surface area contributed by atoms with Crippen molar-refractivity contribution in [3.05, 3.63) is 101 Å². The van der Waals surface area contributed by atoms with Crippen molar-refractivity contribution in [1.29, 1.82) is 0 Å². The van der Waals surface area contributed by atoms with Crippen LogP contribution in [-0.2, 0) is 4.79 Å². The topological polar surface area (TPSA) is 67.5 Å². The van der Waals surface area contributed by atoms with E-state index < -0.39 is 0 Å². The molecule has 41 heavy (non-hydrogen) atoms. The fourth-order valence-electron chi connectivity index (χ4n) is 4.77. The number of benzene rings is 2. The molecule has 4 aromatic rings. The Morgan fingerprint density at radius 1 is 1.10 bits per heavy atom. The number of H-pyrrole nitrogens is 1. The number of methoxy groups -OCH3 is 1. The molecular formula is C34H38ClN3O3. The molecule has 0 radical (unpaired) electrons. The monoisotopic (exact) mass is 571 g/mol. The molecule has 0 aliphatic carbocycles. The molecule has 0 aliphatic rings. The first-order valence-electron chi connectivity index (χ1n) is 13.9. The van der Waals surface area contributed by atoms with Crippen molar-refractivity contribution in [2.45, 2.75) is 33.1 Å². The minimum Gasteiger partial charge on any atom is -0.497 e. The Hall–Kier alpha value is -4.03. The highest BCUT2D eigenvalue weighted by molar-refractivity contribution is 6.38. The van der Waals surface area contributed by atoms with Crippen LogP contribution < -0.4 is 9.47 Å². The molecule has 0 aliphatic heterocycles. The number of likely N-dealkylation sites (N-methyl/N-ethyl adjacent to an activating group) is 1. The maximum absolute atomic E-state index is 11.8. The molecule has 1 atom stereocenters. The minimum absolute atomic E-state index is 0.00262. The zero-order chi connectivity index (χ0) is 29.4. The second-order valence-corrected chi connectivity index (χ2v) is 10.6. The maximum atomic E-state index is 11.8. The second kappa shape index (κ2) is 14.0. The van der Waals surface area contributed by atoms with Gasteiger partial charge < -0.3 is 19.4 Å². The first-order valence-corrected chi connectivity index (χ1v) is 14.3. The number of aromatic amines is 1. The summed E-state index contributed by atoms with van der Waals surface area (Å²) in [5, 5.41) is 1.66. The summed E-state index contributed by atoms with van der Waals surface area (Å²) in [4.78, 5) is 21.5. The number of ether oxygens (including phenoxy) is 2. The first kappa shape index (κ1) is 29.9. The molecule has 2 heterocycles. The highest BCUT2D eigenvalue weighted by Crippen LogP contribution is 2.40. The SMILES string of the molecule is CC/C(=C(/c1ccc(OCCC[C@@H](C)/C=C/C(=O)N(C)C)nc1)c1[nH]c2ccccc2c1Cl)c1cccc(OC)c1. The molecule has 2 aromatic heterocycles. The predicted molar refractivity (Wildman–Crippen MR) is 168 cm³/mol. The van der Waals surface area contributed by atoms with Crippen molar-refractivity contribution in [2.75, 3.05) is 27.8 Å². The highest BCUT2D eigenvalue weighted by Gasteiger charge is 2.20.